The van der Waals surface area contributed by atoms with Crippen LogP contribution in [0, 0.1) is 0 Å². The zero-order valence-electron chi connectivity index (χ0n) is 16.7. The highest BCUT2D eigenvalue weighted by atomic mass is 16.5. The Balaban J connectivity index is 1.34. The summed E-state index contributed by atoms with van der Waals surface area (Å²) in [6.07, 6.45) is 1.47. The summed E-state index contributed by atoms with van der Waals surface area (Å²) in [6, 6.07) is 16.0. The van der Waals surface area contributed by atoms with Gasteiger partial charge >= 0.3 is 0 Å². The summed E-state index contributed by atoms with van der Waals surface area (Å²) in [5.74, 6) is 2.30. The average molecular weight is 391 g/mol. The molecule has 0 saturated carbocycles. The van der Waals surface area contributed by atoms with Crippen LogP contribution in [0.25, 0.3) is 11.4 Å². The van der Waals surface area contributed by atoms with E-state index in [1.165, 1.54) is 5.56 Å². The largest absolute Gasteiger partial charge is 0.493 e. The van der Waals surface area contributed by atoms with Crippen molar-refractivity contribution >= 4 is 5.91 Å². The number of fused-ring (bicyclic) bond motifs is 1. The average Bonchev–Trinajstić information content (AvgIpc) is 3.22. The maximum Gasteiger partial charge on any atom is 0.227 e. The highest BCUT2D eigenvalue weighted by Gasteiger charge is 2.22. The molecule has 1 N–H and O–H groups in total. The van der Waals surface area contributed by atoms with E-state index in [1.807, 2.05) is 36.4 Å². The molecule has 150 valence electrons. The molecule has 6 heteroatoms. The number of aromatic nitrogens is 2. The molecule has 29 heavy (non-hydrogen) atoms. The van der Waals surface area contributed by atoms with Gasteiger partial charge in [0.25, 0.3) is 0 Å². The fraction of sp³-hybridized carbons (Fsp3) is 0.348. The fourth-order valence-corrected chi connectivity index (χ4v) is 3.47. The van der Waals surface area contributed by atoms with Gasteiger partial charge in [0.2, 0.25) is 17.6 Å². The SMILES string of the molecule is CC(C)c1ccc(-c2noc(CCC(=O)N[C@@H]3CCOc4ccccc43)n2)cc1. The van der Waals surface area contributed by atoms with E-state index in [-0.39, 0.29) is 11.9 Å². The van der Waals surface area contributed by atoms with E-state index in [0.717, 1.165) is 23.3 Å². The number of aryl methyl sites for hydroxylation is 1. The van der Waals surface area contributed by atoms with Crippen LogP contribution in [0.4, 0.5) is 0 Å². The Morgan fingerprint density at radius 3 is 2.76 bits per heavy atom. The van der Waals surface area contributed by atoms with Crippen molar-refractivity contribution in [2.75, 3.05) is 6.61 Å². The molecular formula is C23H25N3O3. The van der Waals surface area contributed by atoms with E-state index in [2.05, 4.69) is 41.4 Å². The predicted molar refractivity (Wildman–Crippen MR) is 110 cm³/mol. The van der Waals surface area contributed by atoms with Crippen molar-refractivity contribution in [3.05, 3.63) is 65.5 Å². The van der Waals surface area contributed by atoms with E-state index < -0.39 is 0 Å². The summed E-state index contributed by atoms with van der Waals surface area (Å²) in [7, 11) is 0. The van der Waals surface area contributed by atoms with Crippen LogP contribution in [-0.4, -0.2) is 22.7 Å². The lowest BCUT2D eigenvalue weighted by Gasteiger charge is -2.26. The third kappa shape index (κ3) is 4.47. The first-order chi connectivity index (χ1) is 14.1. The van der Waals surface area contributed by atoms with E-state index in [0.29, 0.717) is 37.1 Å². The Bertz CT molecular complexity index is 979. The molecule has 6 nitrogen and oxygen atoms in total. The van der Waals surface area contributed by atoms with Gasteiger partial charge in [0.1, 0.15) is 5.75 Å². The summed E-state index contributed by atoms with van der Waals surface area (Å²) in [6.45, 7) is 4.92. The van der Waals surface area contributed by atoms with Gasteiger partial charge in [-0.1, -0.05) is 61.5 Å². The van der Waals surface area contributed by atoms with E-state index >= 15 is 0 Å². The van der Waals surface area contributed by atoms with Crippen molar-refractivity contribution in [2.24, 2.45) is 0 Å². The minimum Gasteiger partial charge on any atom is -0.493 e. The van der Waals surface area contributed by atoms with E-state index in [1.54, 1.807) is 0 Å². The van der Waals surface area contributed by atoms with Crippen LogP contribution in [0.3, 0.4) is 0 Å². The molecular weight excluding hydrogens is 366 g/mol. The number of hydrogen-bond donors (Lipinski definition) is 1. The molecule has 2 heterocycles. The molecule has 0 aliphatic carbocycles. The molecule has 1 aromatic heterocycles. The number of carbonyl (C=O) groups is 1. The molecule has 2 aromatic carbocycles. The lowest BCUT2D eigenvalue weighted by molar-refractivity contribution is -0.122. The first kappa shape index (κ1) is 19.2. The molecule has 1 aliphatic rings. The van der Waals surface area contributed by atoms with Crippen molar-refractivity contribution in [2.45, 2.75) is 45.1 Å². The van der Waals surface area contributed by atoms with Crippen LogP contribution in [0.1, 0.15) is 55.7 Å². The van der Waals surface area contributed by atoms with Gasteiger partial charge in [-0.05, 0) is 17.5 Å². The van der Waals surface area contributed by atoms with Crippen molar-refractivity contribution < 1.29 is 14.1 Å². The molecule has 0 fully saturated rings. The second kappa shape index (κ2) is 8.47. The molecule has 4 rings (SSSR count). The number of ether oxygens (including phenoxy) is 1. The number of rotatable bonds is 6. The number of para-hydroxylation sites is 1. The van der Waals surface area contributed by atoms with Gasteiger partial charge in [0.15, 0.2) is 0 Å². The Morgan fingerprint density at radius 2 is 1.97 bits per heavy atom. The first-order valence-electron chi connectivity index (χ1n) is 10.0. The number of carbonyl (C=O) groups excluding carboxylic acids is 1. The summed E-state index contributed by atoms with van der Waals surface area (Å²) < 4.78 is 11.0. The summed E-state index contributed by atoms with van der Waals surface area (Å²) in [5, 5.41) is 7.14. The predicted octanol–water partition coefficient (Wildman–Crippen LogP) is 4.43. The summed E-state index contributed by atoms with van der Waals surface area (Å²) in [5.41, 5.74) is 3.20. The van der Waals surface area contributed by atoms with Crippen LogP contribution >= 0.6 is 0 Å². The minimum atomic E-state index is -0.0345. The van der Waals surface area contributed by atoms with Gasteiger partial charge in [0.05, 0.1) is 12.6 Å². The van der Waals surface area contributed by atoms with Gasteiger partial charge in [-0.2, -0.15) is 4.98 Å². The zero-order chi connectivity index (χ0) is 20.2. The third-order valence-electron chi connectivity index (χ3n) is 5.16. The maximum absolute atomic E-state index is 12.4. The number of hydrogen-bond acceptors (Lipinski definition) is 5. The number of nitrogens with zero attached hydrogens (tertiary/aromatic N) is 2. The molecule has 0 spiro atoms. The van der Waals surface area contributed by atoms with Crippen molar-refractivity contribution in [3.63, 3.8) is 0 Å². The number of nitrogens with one attached hydrogen (secondary N) is 1. The smallest absolute Gasteiger partial charge is 0.227 e. The Labute approximate surface area is 170 Å². The topological polar surface area (TPSA) is 77.2 Å². The van der Waals surface area contributed by atoms with E-state index in [4.69, 9.17) is 9.26 Å². The van der Waals surface area contributed by atoms with E-state index in [9.17, 15) is 4.79 Å². The van der Waals surface area contributed by atoms with Gasteiger partial charge in [-0.3, -0.25) is 4.79 Å². The van der Waals surface area contributed by atoms with Crippen molar-refractivity contribution in [1.82, 2.24) is 15.5 Å². The maximum atomic E-state index is 12.4. The number of amides is 1. The first-order valence-corrected chi connectivity index (χ1v) is 10.0. The minimum absolute atomic E-state index is 0.0230. The molecule has 1 aliphatic heterocycles. The molecule has 1 amide bonds. The molecule has 0 unspecified atom stereocenters. The van der Waals surface area contributed by atoms with Gasteiger partial charge in [-0.15, -0.1) is 0 Å². The standard InChI is InChI=1S/C23H25N3O3/c1-15(2)16-7-9-17(10-8-16)23-25-22(29-26-23)12-11-21(27)24-19-13-14-28-20-6-4-3-5-18(19)20/h3-10,15,19H,11-14H2,1-2H3,(H,24,27)/t19-/m1/s1. The third-order valence-corrected chi connectivity index (χ3v) is 5.16. The second-order valence-corrected chi connectivity index (χ2v) is 7.58. The van der Waals surface area contributed by atoms with Crippen molar-refractivity contribution in [3.8, 4) is 17.1 Å². The van der Waals surface area contributed by atoms with Crippen LogP contribution in [0.2, 0.25) is 0 Å². The Kier molecular flexibility index (Phi) is 5.60. The van der Waals surface area contributed by atoms with Gasteiger partial charge in [-0.25, -0.2) is 0 Å². The highest BCUT2D eigenvalue weighted by Crippen LogP contribution is 2.31. The monoisotopic (exact) mass is 391 g/mol. The quantitative estimate of drug-likeness (QED) is 0.672. The highest BCUT2D eigenvalue weighted by molar-refractivity contribution is 5.76. The van der Waals surface area contributed by atoms with Gasteiger partial charge < -0.3 is 14.6 Å². The van der Waals surface area contributed by atoms with Crippen LogP contribution in [-0.2, 0) is 11.2 Å². The molecule has 0 bridgehead atoms. The van der Waals surface area contributed by atoms with Crippen LogP contribution < -0.4 is 10.1 Å². The summed E-state index contributed by atoms with van der Waals surface area (Å²) >= 11 is 0. The zero-order valence-corrected chi connectivity index (χ0v) is 16.7. The fourth-order valence-electron chi connectivity index (χ4n) is 3.47. The lowest BCUT2D eigenvalue weighted by atomic mass is 10.0. The van der Waals surface area contributed by atoms with Gasteiger partial charge in [0, 0.05) is 30.4 Å². The lowest BCUT2D eigenvalue weighted by Crippen LogP contribution is -2.32. The second-order valence-electron chi connectivity index (χ2n) is 7.58. The molecule has 1 atom stereocenters. The number of benzene rings is 2. The van der Waals surface area contributed by atoms with Crippen molar-refractivity contribution in [1.29, 1.82) is 0 Å². The molecule has 3 aromatic rings. The summed E-state index contributed by atoms with van der Waals surface area (Å²) in [4.78, 5) is 16.9. The molecule has 0 saturated heterocycles. The Hall–Kier alpha value is -3.15. The van der Waals surface area contributed by atoms with Crippen LogP contribution in [0.15, 0.2) is 53.1 Å². The Morgan fingerprint density at radius 1 is 1.17 bits per heavy atom. The molecule has 0 radical (unpaired) electrons. The van der Waals surface area contributed by atoms with Crippen LogP contribution in [0.5, 0.6) is 5.75 Å². The normalized spacial score (nSPS) is 15.6.